The minimum absolute atomic E-state index is 0.696. The molecule has 0 spiro atoms. The van der Waals surface area contributed by atoms with Gasteiger partial charge < -0.3 is 10.1 Å². The molecule has 2 heteroatoms. The highest BCUT2D eigenvalue weighted by Crippen LogP contribution is 2.58. The Morgan fingerprint density at radius 3 is 2.86 bits per heavy atom. The summed E-state index contributed by atoms with van der Waals surface area (Å²) in [5.74, 6) is 2.03. The Hall–Kier alpha value is -0.0800. The molecule has 0 heterocycles. The first kappa shape index (κ1) is 10.4. The van der Waals surface area contributed by atoms with Gasteiger partial charge in [0.25, 0.3) is 0 Å². The molecule has 2 rings (SSSR count). The lowest BCUT2D eigenvalue weighted by Crippen LogP contribution is -2.23. The minimum atomic E-state index is 0.696. The van der Waals surface area contributed by atoms with Crippen molar-refractivity contribution >= 4 is 0 Å². The van der Waals surface area contributed by atoms with Crippen molar-refractivity contribution < 1.29 is 4.74 Å². The molecule has 0 radical (unpaired) electrons. The number of methoxy groups -OCH3 is 1. The molecule has 2 unspecified atom stereocenters. The number of hydrogen-bond donors (Lipinski definition) is 1. The Bertz CT molecular complexity index is 191. The number of hydrogen-bond acceptors (Lipinski definition) is 2. The molecule has 2 atom stereocenters. The minimum Gasteiger partial charge on any atom is -0.383 e. The smallest absolute Gasteiger partial charge is 0.0587 e. The highest BCUT2D eigenvalue weighted by molar-refractivity contribution is 5.02. The van der Waals surface area contributed by atoms with E-state index >= 15 is 0 Å². The molecule has 0 aromatic heterocycles. The molecule has 2 nitrogen and oxygen atoms in total. The van der Waals surface area contributed by atoms with Gasteiger partial charge in [0.15, 0.2) is 0 Å². The topological polar surface area (TPSA) is 21.3 Å². The van der Waals surface area contributed by atoms with Crippen molar-refractivity contribution in [2.24, 2.45) is 17.3 Å². The molecule has 0 saturated heterocycles. The van der Waals surface area contributed by atoms with Crippen molar-refractivity contribution in [1.82, 2.24) is 5.32 Å². The van der Waals surface area contributed by atoms with Crippen LogP contribution in [0.25, 0.3) is 0 Å². The summed E-state index contributed by atoms with van der Waals surface area (Å²) in [5.41, 5.74) is 0.696. The fraction of sp³-hybridized carbons (Fsp3) is 1.00. The average molecular weight is 197 g/mol. The lowest BCUT2D eigenvalue weighted by molar-refractivity contribution is 0.198. The molecule has 2 aliphatic carbocycles. The molecular formula is C12H23NO. The Kier molecular flexibility index (Phi) is 3.13. The highest BCUT2D eigenvalue weighted by Gasteiger charge is 2.51. The Labute approximate surface area is 87.4 Å². The van der Waals surface area contributed by atoms with Crippen LogP contribution in [-0.2, 0) is 4.74 Å². The van der Waals surface area contributed by atoms with Gasteiger partial charge in [-0.3, -0.25) is 0 Å². The molecule has 2 fully saturated rings. The Morgan fingerprint density at radius 2 is 2.21 bits per heavy atom. The molecule has 2 aliphatic rings. The molecule has 0 aromatic rings. The first-order valence-electron chi connectivity index (χ1n) is 5.94. The van der Waals surface area contributed by atoms with E-state index in [-0.39, 0.29) is 0 Å². The van der Waals surface area contributed by atoms with Crippen molar-refractivity contribution in [3.8, 4) is 0 Å². The summed E-state index contributed by atoms with van der Waals surface area (Å²) in [5, 5.41) is 3.47. The standard InChI is InChI=1S/C12H23NO/c1-12(7-10-3-4-10)8-11(12)9-13-5-6-14-2/h10-11,13H,3-9H2,1-2H3. The van der Waals surface area contributed by atoms with Gasteiger partial charge in [0.05, 0.1) is 6.61 Å². The van der Waals surface area contributed by atoms with Crippen molar-refractivity contribution in [2.45, 2.75) is 32.6 Å². The summed E-state index contributed by atoms with van der Waals surface area (Å²) >= 11 is 0. The van der Waals surface area contributed by atoms with E-state index in [2.05, 4.69) is 12.2 Å². The molecular weight excluding hydrogens is 174 g/mol. The normalized spacial score (nSPS) is 36.0. The molecule has 0 amide bonds. The second kappa shape index (κ2) is 4.19. The molecule has 0 aliphatic heterocycles. The number of nitrogens with one attached hydrogen (secondary N) is 1. The predicted molar refractivity (Wildman–Crippen MR) is 58.3 cm³/mol. The van der Waals surface area contributed by atoms with E-state index in [0.29, 0.717) is 5.41 Å². The van der Waals surface area contributed by atoms with Gasteiger partial charge in [0.1, 0.15) is 0 Å². The highest BCUT2D eigenvalue weighted by atomic mass is 16.5. The van der Waals surface area contributed by atoms with Crippen LogP contribution in [0.1, 0.15) is 32.6 Å². The second-order valence-electron chi connectivity index (χ2n) is 5.40. The molecule has 0 aromatic carbocycles. The molecule has 82 valence electrons. The Balaban J connectivity index is 1.55. The van der Waals surface area contributed by atoms with Crippen LogP contribution < -0.4 is 5.32 Å². The van der Waals surface area contributed by atoms with Gasteiger partial charge >= 0.3 is 0 Å². The zero-order chi connectivity index (χ0) is 10.0. The van der Waals surface area contributed by atoms with Gasteiger partial charge in [-0.2, -0.15) is 0 Å². The summed E-state index contributed by atoms with van der Waals surface area (Å²) in [6, 6.07) is 0. The van der Waals surface area contributed by atoms with E-state index in [4.69, 9.17) is 4.74 Å². The third-order valence-corrected chi connectivity index (χ3v) is 3.86. The molecule has 0 bridgehead atoms. The maximum absolute atomic E-state index is 5.01. The monoisotopic (exact) mass is 197 g/mol. The summed E-state index contributed by atoms with van der Waals surface area (Å²) in [6.07, 6.45) is 5.94. The molecule has 14 heavy (non-hydrogen) atoms. The van der Waals surface area contributed by atoms with Crippen molar-refractivity contribution in [2.75, 3.05) is 26.8 Å². The van der Waals surface area contributed by atoms with Gasteiger partial charge in [-0.15, -0.1) is 0 Å². The van der Waals surface area contributed by atoms with Gasteiger partial charge in [-0.05, 0) is 36.6 Å². The summed E-state index contributed by atoms with van der Waals surface area (Å²) in [4.78, 5) is 0. The summed E-state index contributed by atoms with van der Waals surface area (Å²) in [7, 11) is 1.76. The largest absolute Gasteiger partial charge is 0.383 e. The van der Waals surface area contributed by atoms with Crippen LogP contribution in [0.15, 0.2) is 0 Å². The summed E-state index contributed by atoms with van der Waals surface area (Å²) < 4.78 is 5.01. The first-order valence-corrected chi connectivity index (χ1v) is 5.94. The first-order chi connectivity index (χ1) is 6.74. The van der Waals surface area contributed by atoms with Gasteiger partial charge in [0.2, 0.25) is 0 Å². The van der Waals surface area contributed by atoms with Crippen LogP contribution in [0.2, 0.25) is 0 Å². The van der Waals surface area contributed by atoms with Gasteiger partial charge in [-0.1, -0.05) is 19.8 Å². The fourth-order valence-electron chi connectivity index (χ4n) is 2.50. The van der Waals surface area contributed by atoms with Crippen LogP contribution in [0.3, 0.4) is 0 Å². The van der Waals surface area contributed by atoms with E-state index < -0.39 is 0 Å². The van der Waals surface area contributed by atoms with E-state index in [0.717, 1.165) is 25.0 Å². The quantitative estimate of drug-likeness (QED) is 0.631. The third kappa shape index (κ3) is 2.71. The van der Waals surface area contributed by atoms with Crippen LogP contribution in [-0.4, -0.2) is 26.8 Å². The van der Waals surface area contributed by atoms with Crippen LogP contribution in [0, 0.1) is 17.3 Å². The van der Waals surface area contributed by atoms with Crippen molar-refractivity contribution in [3.05, 3.63) is 0 Å². The maximum atomic E-state index is 5.01. The third-order valence-electron chi connectivity index (χ3n) is 3.86. The lowest BCUT2D eigenvalue weighted by Gasteiger charge is -2.10. The predicted octanol–water partition coefficient (Wildman–Crippen LogP) is 2.05. The lowest BCUT2D eigenvalue weighted by atomic mass is 9.98. The van der Waals surface area contributed by atoms with Crippen LogP contribution >= 0.6 is 0 Å². The van der Waals surface area contributed by atoms with E-state index in [9.17, 15) is 0 Å². The van der Waals surface area contributed by atoms with Gasteiger partial charge in [0, 0.05) is 13.7 Å². The SMILES string of the molecule is COCCNCC1CC1(C)CC1CC1. The number of ether oxygens (including phenoxy) is 1. The van der Waals surface area contributed by atoms with E-state index in [1.165, 1.54) is 32.2 Å². The van der Waals surface area contributed by atoms with Crippen LogP contribution in [0.5, 0.6) is 0 Å². The Morgan fingerprint density at radius 1 is 1.43 bits per heavy atom. The van der Waals surface area contributed by atoms with E-state index in [1.54, 1.807) is 7.11 Å². The fourth-order valence-corrected chi connectivity index (χ4v) is 2.50. The average Bonchev–Trinajstić information content (AvgIpc) is 3.03. The maximum Gasteiger partial charge on any atom is 0.0587 e. The molecule has 1 N–H and O–H groups in total. The number of rotatable bonds is 7. The zero-order valence-corrected chi connectivity index (χ0v) is 9.51. The second-order valence-corrected chi connectivity index (χ2v) is 5.40. The molecule has 2 saturated carbocycles. The summed E-state index contributed by atoms with van der Waals surface area (Å²) in [6.45, 7) is 5.51. The van der Waals surface area contributed by atoms with Crippen molar-refractivity contribution in [3.63, 3.8) is 0 Å². The van der Waals surface area contributed by atoms with Gasteiger partial charge in [-0.25, -0.2) is 0 Å². The van der Waals surface area contributed by atoms with E-state index in [1.807, 2.05) is 0 Å². The zero-order valence-electron chi connectivity index (χ0n) is 9.51. The van der Waals surface area contributed by atoms with Crippen LogP contribution in [0.4, 0.5) is 0 Å². The van der Waals surface area contributed by atoms with Crippen molar-refractivity contribution in [1.29, 1.82) is 0 Å².